The van der Waals surface area contributed by atoms with Gasteiger partial charge in [-0.1, -0.05) is 0 Å². The van der Waals surface area contributed by atoms with Crippen molar-refractivity contribution in [1.29, 1.82) is 0 Å². The summed E-state index contributed by atoms with van der Waals surface area (Å²) in [6.07, 6.45) is 2.32. The molecule has 1 aromatic rings. The Bertz CT molecular complexity index is 439. The highest BCUT2D eigenvalue weighted by Gasteiger charge is 2.17. The Morgan fingerprint density at radius 3 is 2.95 bits per heavy atom. The van der Waals surface area contributed by atoms with E-state index in [-0.39, 0.29) is 18.2 Å². The van der Waals surface area contributed by atoms with E-state index in [0.29, 0.717) is 6.54 Å². The number of aryl methyl sites for hydroxylation is 2. The third-order valence-electron chi connectivity index (χ3n) is 3.41. The molecule has 0 spiro atoms. The van der Waals surface area contributed by atoms with Crippen molar-refractivity contribution in [2.24, 2.45) is 0 Å². The summed E-state index contributed by atoms with van der Waals surface area (Å²) in [5, 5.41) is 5.86. The second kappa shape index (κ2) is 6.39. The molecule has 1 aliphatic rings. The lowest BCUT2D eigenvalue weighted by molar-refractivity contribution is 0.111. The molecule has 2 heterocycles. The lowest BCUT2D eigenvalue weighted by Gasteiger charge is -2.16. The SMILES string of the molecule is Cc1cc([C@@H](C)NC(=O)NC[C@@H]2CCCO2)c(C)s1. The van der Waals surface area contributed by atoms with E-state index in [2.05, 4.69) is 30.5 Å². The molecule has 4 nitrogen and oxygen atoms in total. The number of carbonyl (C=O) groups excluding carboxylic acids is 1. The van der Waals surface area contributed by atoms with Crippen LogP contribution in [0, 0.1) is 13.8 Å². The molecule has 5 heteroatoms. The van der Waals surface area contributed by atoms with Gasteiger partial charge in [-0.25, -0.2) is 4.79 Å². The number of hydrogen-bond donors (Lipinski definition) is 2. The number of thiophene rings is 1. The van der Waals surface area contributed by atoms with Gasteiger partial charge >= 0.3 is 6.03 Å². The predicted molar refractivity (Wildman–Crippen MR) is 77.7 cm³/mol. The van der Waals surface area contributed by atoms with Crippen LogP contribution in [0.15, 0.2) is 6.07 Å². The Balaban J connectivity index is 1.79. The van der Waals surface area contributed by atoms with Crippen molar-refractivity contribution >= 4 is 17.4 Å². The van der Waals surface area contributed by atoms with Gasteiger partial charge in [0, 0.05) is 22.9 Å². The fourth-order valence-electron chi connectivity index (χ4n) is 2.42. The zero-order valence-electron chi connectivity index (χ0n) is 11.8. The van der Waals surface area contributed by atoms with Gasteiger partial charge in [0.2, 0.25) is 0 Å². The molecule has 1 aliphatic heterocycles. The molecule has 1 aromatic heterocycles. The molecule has 2 amide bonds. The van der Waals surface area contributed by atoms with E-state index in [9.17, 15) is 4.79 Å². The highest BCUT2D eigenvalue weighted by molar-refractivity contribution is 7.12. The van der Waals surface area contributed by atoms with Crippen LogP contribution in [0.25, 0.3) is 0 Å². The van der Waals surface area contributed by atoms with E-state index in [1.165, 1.54) is 15.3 Å². The Labute approximate surface area is 118 Å². The third-order valence-corrected chi connectivity index (χ3v) is 4.39. The van der Waals surface area contributed by atoms with Crippen molar-refractivity contribution in [1.82, 2.24) is 10.6 Å². The first-order valence-corrected chi connectivity index (χ1v) is 7.61. The zero-order chi connectivity index (χ0) is 13.8. The second-order valence-electron chi connectivity index (χ2n) is 5.08. The second-order valence-corrected chi connectivity index (χ2v) is 6.54. The Kier molecular flexibility index (Phi) is 4.82. The molecule has 1 saturated heterocycles. The standard InChI is InChI=1S/C14H22N2O2S/c1-9-7-13(11(3)19-9)10(2)16-14(17)15-8-12-5-4-6-18-12/h7,10,12H,4-6,8H2,1-3H3,(H2,15,16,17)/t10-,12+/m1/s1. The van der Waals surface area contributed by atoms with E-state index >= 15 is 0 Å². The fraction of sp³-hybridized carbons (Fsp3) is 0.643. The highest BCUT2D eigenvalue weighted by Crippen LogP contribution is 2.25. The first-order valence-electron chi connectivity index (χ1n) is 6.79. The van der Waals surface area contributed by atoms with Gasteiger partial charge in [-0.05, 0) is 45.2 Å². The molecular weight excluding hydrogens is 260 g/mol. The van der Waals surface area contributed by atoms with E-state index in [0.717, 1.165) is 19.4 Å². The van der Waals surface area contributed by atoms with Crippen LogP contribution in [0.2, 0.25) is 0 Å². The summed E-state index contributed by atoms with van der Waals surface area (Å²) in [6.45, 7) is 7.61. The summed E-state index contributed by atoms with van der Waals surface area (Å²) in [6, 6.07) is 2.06. The molecule has 0 aliphatic carbocycles. The molecule has 2 atom stereocenters. The monoisotopic (exact) mass is 282 g/mol. The maximum absolute atomic E-state index is 11.8. The molecule has 2 rings (SSSR count). The minimum absolute atomic E-state index is 0.0365. The summed E-state index contributed by atoms with van der Waals surface area (Å²) in [5.74, 6) is 0. The van der Waals surface area contributed by atoms with Crippen LogP contribution in [0.4, 0.5) is 4.79 Å². The van der Waals surface area contributed by atoms with Crippen LogP contribution in [-0.4, -0.2) is 25.3 Å². The number of hydrogen-bond acceptors (Lipinski definition) is 3. The molecule has 0 bridgehead atoms. The van der Waals surface area contributed by atoms with Gasteiger partial charge in [0.05, 0.1) is 12.1 Å². The summed E-state index contributed by atoms with van der Waals surface area (Å²) < 4.78 is 5.47. The van der Waals surface area contributed by atoms with Gasteiger partial charge in [-0.15, -0.1) is 11.3 Å². The molecule has 19 heavy (non-hydrogen) atoms. The summed E-state index contributed by atoms with van der Waals surface area (Å²) in [4.78, 5) is 14.4. The van der Waals surface area contributed by atoms with Crippen LogP contribution in [0.1, 0.15) is 41.1 Å². The average Bonchev–Trinajstić information content (AvgIpc) is 2.96. The molecule has 2 N–H and O–H groups in total. The fourth-order valence-corrected chi connectivity index (χ4v) is 3.44. The van der Waals surface area contributed by atoms with Crippen LogP contribution in [-0.2, 0) is 4.74 Å². The van der Waals surface area contributed by atoms with Crippen LogP contribution >= 0.6 is 11.3 Å². The number of urea groups is 1. The highest BCUT2D eigenvalue weighted by atomic mass is 32.1. The van der Waals surface area contributed by atoms with E-state index in [1.54, 1.807) is 11.3 Å². The number of carbonyl (C=O) groups is 1. The Morgan fingerprint density at radius 2 is 2.37 bits per heavy atom. The van der Waals surface area contributed by atoms with Crippen LogP contribution < -0.4 is 10.6 Å². The van der Waals surface area contributed by atoms with Gasteiger partial charge in [-0.2, -0.15) is 0 Å². The summed E-state index contributed by atoms with van der Waals surface area (Å²) in [5.41, 5.74) is 1.20. The van der Waals surface area contributed by atoms with E-state index < -0.39 is 0 Å². The Hall–Kier alpha value is -1.07. The number of rotatable bonds is 4. The largest absolute Gasteiger partial charge is 0.376 e. The van der Waals surface area contributed by atoms with Gasteiger partial charge in [0.25, 0.3) is 0 Å². The first-order chi connectivity index (χ1) is 9.06. The molecule has 0 unspecified atom stereocenters. The first kappa shape index (κ1) is 14.3. The molecule has 106 valence electrons. The molecular formula is C14H22N2O2S. The van der Waals surface area contributed by atoms with Crippen molar-refractivity contribution < 1.29 is 9.53 Å². The smallest absolute Gasteiger partial charge is 0.315 e. The summed E-state index contributed by atoms with van der Waals surface area (Å²) in [7, 11) is 0. The number of amides is 2. The van der Waals surface area contributed by atoms with Crippen molar-refractivity contribution in [3.8, 4) is 0 Å². The zero-order valence-corrected chi connectivity index (χ0v) is 12.6. The quantitative estimate of drug-likeness (QED) is 0.892. The molecule has 0 aromatic carbocycles. The van der Waals surface area contributed by atoms with Gasteiger partial charge in [-0.3, -0.25) is 0 Å². The molecule has 0 saturated carbocycles. The van der Waals surface area contributed by atoms with Gasteiger partial charge in [0.1, 0.15) is 0 Å². The average molecular weight is 282 g/mol. The van der Waals surface area contributed by atoms with Gasteiger partial charge < -0.3 is 15.4 Å². The maximum atomic E-state index is 11.8. The lowest BCUT2D eigenvalue weighted by atomic mass is 10.1. The van der Waals surface area contributed by atoms with E-state index in [1.807, 2.05) is 6.92 Å². The topological polar surface area (TPSA) is 50.4 Å². The normalized spacial score (nSPS) is 20.3. The number of nitrogens with one attached hydrogen (secondary N) is 2. The van der Waals surface area contributed by atoms with Crippen molar-refractivity contribution in [2.75, 3.05) is 13.2 Å². The van der Waals surface area contributed by atoms with Crippen LogP contribution in [0.5, 0.6) is 0 Å². The molecule has 0 radical (unpaired) electrons. The lowest BCUT2D eigenvalue weighted by Crippen LogP contribution is -2.40. The minimum Gasteiger partial charge on any atom is -0.376 e. The molecule has 1 fully saturated rings. The van der Waals surface area contributed by atoms with Crippen LogP contribution in [0.3, 0.4) is 0 Å². The Morgan fingerprint density at radius 1 is 1.58 bits per heavy atom. The predicted octanol–water partition coefficient (Wildman–Crippen LogP) is 2.90. The third kappa shape index (κ3) is 3.94. The number of ether oxygens (including phenoxy) is 1. The summed E-state index contributed by atoms with van der Waals surface area (Å²) >= 11 is 1.77. The maximum Gasteiger partial charge on any atom is 0.315 e. The van der Waals surface area contributed by atoms with Gasteiger partial charge in [0.15, 0.2) is 0 Å². The minimum atomic E-state index is -0.119. The van der Waals surface area contributed by atoms with E-state index in [4.69, 9.17) is 4.74 Å². The van der Waals surface area contributed by atoms with Crippen molar-refractivity contribution in [3.63, 3.8) is 0 Å². The van der Waals surface area contributed by atoms with Crippen molar-refractivity contribution in [3.05, 3.63) is 21.4 Å². The van der Waals surface area contributed by atoms with Crippen molar-refractivity contribution in [2.45, 2.75) is 45.8 Å².